The van der Waals surface area contributed by atoms with Crippen LogP contribution in [-0.2, 0) is 0 Å². The number of hydrogen-bond donors (Lipinski definition) is 1. The van der Waals surface area contributed by atoms with Gasteiger partial charge in [-0.2, -0.15) is 5.10 Å². The van der Waals surface area contributed by atoms with Gasteiger partial charge >= 0.3 is 0 Å². The summed E-state index contributed by atoms with van der Waals surface area (Å²) in [6, 6.07) is 12.6. The average Bonchev–Trinajstić information content (AvgIpc) is 2.54. The number of halogens is 1. The van der Waals surface area contributed by atoms with Crippen LogP contribution in [0.25, 0.3) is 0 Å². The predicted molar refractivity (Wildman–Crippen MR) is 83.7 cm³/mol. The smallest absolute Gasteiger partial charge is 0.271 e. The van der Waals surface area contributed by atoms with E-state index in [1.54, 1.807) is 0 Å². The molecule has 0 aliphatic rings. The molecule has 0 saturated carbocycles. The fraction of sp³-hybridized carbons (Fsp3) is 0.176. The van der Waals surface area contributed by atoms with E-state index in [1.165, 1.54) is 30.5 Å². The van der Waals surface area contributed by atoms with Gasteiger partial charge in [-0.25, -0.2) is 9.82 Å². The molecular weight excluding hydrogens is 283 g/mol. The summed E-state index contributed by atoms with van der Waals surface area (Å²) in [5.74, 6) is 0.0268. The van der Waals surface area contributed by atoms with Crippen molar-refractivity contribution in [2.45, 2.75) is 13.3 Å². The molecule has 2 aromatic rings. The minimum Gasteiger partial charge on any atom is -0.494 e. The van der Waals surface area contributed by atoms with Crippen LogP contribution in [0, 0.1) is 5.82 Å². The number of nitrogens with one attached hydrogen (secondary N) is 1. The lowest BCUT2D eigenvalue weighted by Crippen LogP contribution is -2.17. The zero-order chi connectivity index (χ0) is 15.8. The molecule has 2 aromatic carbocycles. The number of rotatable bonds is 6. The van der Waals surface area contributed by atoms with Gasteiger partial charge in [0.1, 0.15) is 11.6 Å². The molecule has 1 amide bonds. The van der Waals surface area contributed by atoms with Crippen molar-refractivity contribution >= 4 is 12.1 Å². The Morgan fingerprint density at radius 1 is 1.18 bits per heavy atom. The van der Waals surface area contributed by atoms with Crippen molar-refractivity contribution in [3.63, 3.8) is 0 Å². The van der Waals surface area contributed by atoms with Crippen LogP contribution in [0.2, 0.25) is 0 Å². The lowest BCUT2D eigenvalue weighted by molar-refractivity contribution is 0.0955. The topological polar surface area (TPSA) is 50.7 Å². The van der Waals surface area contributed by atoms with E-state index in [4.69, 9.17) is 4.74 Å². The summed E-state index contributed by atoms with van der Waals surface area (Å²) in [7, 11) is 0. The predicted octanol–water partition coefficient (Wildman–Crippen LogP) is 3.38. The highest BCUT2D eigenvalue weighted by atomic mass is 19.1. The molecule has 0 saturated heterocycles. The fourth-order valence-corrected chi connectivity index (χ4v) is 1.70. The van der Waals surface area contributed by atoms with Gasteiger partial charge in [0.2, 0.25) is 0 Å². The first-order valence-electron chi connectivity index (χ1n) is 7.01. The molecule has 0 heterocycles. The Morgan fingerprint density at radius 3 is 2.50 bits per heavy atom. The Morgan fingerprint density at radius 2 is 1.86 bits per heavy atom. The molecule has 2 rings (SSSR count). The molecule has 0 aliphatic heterocycles. The second kappa shape index (κ2) is 7.93. The molecule has 114 valence electrons. The Balaban J connectivity index is 1.89. The average molecular weight is 300 g/mol. The largest absolute Gasteiger partial charge is 0.494 e. The molecule has 0 spiro atoms. The fourth-order valence-electron chi connectivity index (χ4n) is 1.70. The van der Waals surface area contributed by atoms with E-state index in [1.807, 2.05) is 31.2 Å². The van der Waals surface area contributed by atoms with Gasteiger partial charge in [0.25, 0.3) is 5.91 Å². The van der Waals surface area contributed by atoms with Crippen LogP contribution in [0.15, 0.2) is 53.6 Å². The highest BCUT2D eigenvalue weighted by Gasteiger charge is 2.03. The number of ether oxygens (including phenoxy) is 1. The van der Waals surface area contributed by atoms with Crippen LogP contribution in [0.3, 0.4) is 0 Å². The molecular formula is C17H17FN2O2. The van der Waals surface area contributed by atoms with E-state index < -0.39 is 0 Å². The maximum Gasteiger partial charge on any atom is 0.271 e. The molecule has 22 heavy (non-hydrogen) atoms. The number of hydrazone groups is 1. The van der Waals surface area contributed by atoms with Crippen molar-refractivity contribution in [1.82, 2.24) is 5.43 Å². The normalized spacial score (nSPS) is 10.6. The molecule has 1 N–H and O–H groups in total. The third-order valence-electron chi connectivity index (χ3n) is 2.84. The van der Waals surface area contributed by atoms with Crippen molar-refractivity contribution in [2.24, 2.45) is 5.10 Å². The van der Waals surface area contributed by atoms with Gasteiger partial charge in [-0.15, -0.1) is 0 Å². The monoisotopic (exact) mass is 300 g/mol. The first-order valence-corrected chi connectivity index (χ1v) is 7.01. The zero-order valence-corrected chi connectivity index (χ0v) is 12.3. The van der Waals surface area contributed by atoms with E-state index >= 15 is 0 Å². The van der Waals surface area contributed by atoms with Crippen LogP contribution >= 0.6 is 0 Å². The van der Waals surface area contributed by atoms with Crippen LogP contribution < -0.4 is 10.2 Å². The molecule has 0 aliphatic carbocycles. The van der Waals surface area contributed by atoms with E-state index in [9.17, 15) is 9.18 Å². The number of amides is 1. The van der Waals surface area contributed by atoms with Crippen molar-refractivity contribution in [2.75, 3.05) is 6.61 Å². The number of benzene rings is 2. The lowest BCUT2D eigenvalue weighted by Gasteiger charge is -2.04. The first kappa shape index (κ1) is 15.7. The van der Waals surface area contributed by atoms with E-state index in [-0.39, 0.29) is 11.7 Å². The maximum absolute atomic E-state index is 12.8. The zero-order valence-electron chi connectivity index (χ0n) is 12.3. The lowest BCUT2D eigenvalue weighted by atomic mass is 10.2. The summed E-state index contributed by atoms with van der Waals surface area (Å²) in [4.78, 5) is 11.8. The number of carbonyl (C=O) groups is 1. The highest BCUT2D eigenvalue weighted by Crippen LogP contribution is 2.11. The molecule has 5 heteroatoms. The summed E-state index contributed by atoms with van der Waals surface area (Å²) in [5.41, 5.74) is 3.58. The van der Waals surface area contributed by atoms with Gasteiger partial charge in [-0.1, -0.05) is 6.92 Å². The maximum atomic E-state index is 12.8. The molecule has 0 fully saturated rings. The molecule has 0 radical (unpaired) electrons. The van der Waals surface area contributed by atoms with Gasteiger partial charge in [-0.3, -0.25) is 4.79 Å². The summed E-state index contributed by atoms with van der Waals surface area (Å²) in [6.07, 6.45) is 2.49. The van der Waals surface area contributed by atoms with Gasteiger partial charge in [0.15, 0.2) is 0 Å². The minimum atomic E-state index is -0.390. The minimum absolute atomic E-state index is 0.349. The Labute approximate surface area is 128 Å². The summed E-state index contributed by atoms with van der Waals surface area (Å²) >= 11 is 0. The number of nitrogens with zero attached hydrogens (tertiary/aromatic N) is 1. The van der Waals surface area contributed by atoms with Crippen molar-refractivity contribution in [3.8, 4) is 5.75 Å². The van der Waals surface area contributed by atoms with E-state index in [0.29, 0.717) is 12.2 Å². The second-order valence-electron chi connectivity index (χ2n) is 4.62. The molecule has 0 unspecified atom stereocenters. The third kappa shape index (κ3) is 4.70. The van der Waals surface area contributed by atoms with Crippen molar-refractivity contribution in [3.05, 3.63) is 65.5 Å². The van der Waals surface area contributed by atoms with Crippen LogP contribution in [0.5, 0.6) is 5.75 Å². The summed E-state index contributed by atoms with van der Waals surface area (Å²) in [5, 5.41) is 3.87. The van der Waals surface area contributed by atoms with E-state index in [0.717, 1.165) is 17.7 Å². The number of hydrogen-bond acceptors (Lipinski definition) is 3. The van der Waals surface area contributed by atoms with Crippen LogP contribution in [0.4, 0.5) is 4.39 Å². The van der Waals surface area contributed by atoms with Crippen molar-refractivity contribution in [1.29, 1.82) is 0 Å². The SMILES string of the molecule is CCCOc1ccc(/C=N\NC(=O)c2ccc(F)cc2)cc1. The first-order chi connectivity index (χ1) is 10.7. The quantitative estimate of drug-likeness (QED) is 0.657. The molecule has 0 bridgehead atoms. The molecule has 0 atom stereocenters. The molecule has 0 aromatic heterocycles. The Hall–Kier alpha value is -2.69. The second-order valence-corrected chi connectivity index (χ2v) is 4.62. The number of carbonyl (C=O) groups excluding carboxylic acids is 1. The van der Waals surface area contributed by atoms with E-state index in [2.05, 4.69) is 10.5 Å². The van der Waals surface area contributed by atoms with Gasteiger partial charge < -0.3 is 4.74 Å². The van der Waals surface area contributed by atoms with Crippen molar-refractivity contribution < 1.29 is 13.9 Å². The van der Waals surface area contributed by atoms with Gasteiger partial charge in [-0.05, 0) is 60.5 Å². The van der Waals surface area contributed by atoms with Crippen LogP contribution in [0.1, 0.15) is 29.3 Å². The summed E-state index contributed by atoms with van der Waals surface area (Å²) < 4.78 is 18.2. The summed E-state index contributed by atoms with van der Waals surface area (Å²) in [6.45, 7) is 2.73. The van der Waals surface area contributed by atoms with Gasteiger partial charge in [0, 0.05) is 5.56 Å². The van der Waals surface area contributed by atoms with Gasteiger partial charge in [0.05, 0.1) is 12.8 Å². The van der Waals surface area contributed by atoms with Crippen LogP contribution in [-0.4, -0.2) is 18.7 Å². The Kier molecular flexibility index (Phi) is 5.65. The Bertz CT molecular complexity index is 637. The standard InChI is InChI=1S/C17H17FN2O2/c1-2-11-22-16-9-3-13(4-10-16)12-19-20-17(21)14-5-7-15(18)8-6-14/h3-10,12H,2,11H2,1H3,(H,20,21)/b19-12-. The highest BCUT2D eigenvalue weighted by molar-refractivity contribution is 5.94. The molecule has 4 nitrogen and oxygen atoms in total. The third-order valence-corrected chi connectivity index (χ3v) is 2.84.